The summed E-state index contributed by atoms with van der Waals surface area (Å²) in [6, 6.07) is 4.95. The highest BCUT2D eigenvalue weighted by molar-refractivity contribution is 6.30. The van der Waals surface area contributed by atoms with Crippen molar-refractivity contribution in [2.75, 3.05) is 18.1 Å². The van der Waals surface area contributed by atoms with Gasteiger partial charge in [0.15, 0.2) is 0 Å². The monoisotopic (exact) mass is 476 g/mol. The zero-order valence-electron chi connectivity index (χ0n) is 18.9. The van der Waals surface area contributed by atoms with Crippen molar-refractivity contribution in [3.8, 4) is 0 Å². The molecule has 2 bridgehead atoms. The summed E-state index contributed by atoms with van der Waals surface area (Å²) in [5, 5.41) is 20.5. The number of hydrogen-bond acceptors (Lipinski definition) is 5. The number of carbonyl (C=O) groups is 3. The van der Waals surface area contributed by atoms with E-state index in [0.717, 1.165) is 0 Å². The number of carboxylic acid groups (broad SMARTS) is 1. The molecule has 1 aromatic carbocycles. The van der Waals surface area contributed by atoms with Crippen molar-refractivity contribution >= 4 is 35.1 Å². The van der Waals surface area contributed by atoms with Crippen molar-refractivity contribution in [3.63, 3.8) is 0 Å². The van der Waals surface area contributed by atoms with Crippen LogP contribution in [0.4, 0.5) is 5.69 Å². The van der Waals surface area contributed by atoms with Gasteiger partial charge in [-0.1, -0.05) is 24.6 Å². The molecule has 2 amide bonds. The first kappa shape index (κ1) is 23.7. The van der Waals surface area contributed by atoms with Crippen molar-refractivity contribution in [3.05, 3.63) is 41.9 Å². The molecule has 0 radical (unpaired) electrons. The number of carbonyl (C=O) groups excluding carboxylic acids is 2. The molecule has 3 unspecified atom stereocenters. The van der Waals surface area contributed by atoms with E-state index in [0.29, 0.717) is 17.1 Å². The number of hydrogen-bond donors (Lipinski definition) is 2. The average Bonchev–Trinajstić information content (AvgIpc) is 3.28. The van der Waals surface area contributed by atoms with Gasteiger partial charge in [0.1, 0.15) is 17.6 Å². The standard InChI is InChI=1S/C24H29ClN2O6/c1-5-10-26(16-8-6-15(25)7-9-16)21(30)19-24-11-13(2)23(4,33-24)18(22(31)32)17(24)20(29)27(19)14(3)12-28/h5-9,13-14,17-19,28H,1,10-12H2,2-4H3,(H,31,32)/t13?,14-,17+,18+,19?,23-,24?/m1/s1. The van der Waals surface area contributed by atoms with E-state index in [1.165, 1.54) is 9.80 Å². The minimum absolute atomic E-state index is 0.169. The fourth-order valence-electron chi connectivity index (χ4n) is 6.11. The lowest BCUT2D eigenvalue weighted by Gasteiger charge is -2.38. The Kier molecular flexibility index (Phi) is 5.83. The number of aliphatic hydroxyl groups excluding tert-OH is 1. The van der Waals surface area contributed by atoms with Crippen LogP contribution >= 0.6 is 11.6 Å². The van der Waals surface area contributed by atoms with Crippen LogP contribution in [0.1, 0.15) is 27.2 Å². The van der Waals surface area contributed by atoms with Crippen LogP contribution in [0, 0.1) is 17.8 Å². The molecule has 2 N–H and O–H groups in total. The van der Waals surface area contributed by atoms with Crippen LogP contribution in [0.5, 0.6) is 0 Å². The van der Waals surface area contributed by atoms with Crippen molar-refractivity contribution in [1.29, 1.82) is 0 Å². The predicted octanol–water partition coefficient (Wildman–Crippen LogP) is 2.34. The summed E-state index contributed by atoms with van der Waals surface area (Å²) in [5.74, 6) is -4.25. The molecule has 1 spiro atoms. The van der Waals surface area contributed by atoms with E-state index < -0.39 is 52.9 Å². The molecule has 7 atom stereocenters. The molecule has 9 heteroatoms. The summed E-state index contributed by atoms with van der Waals surface area (Å²) in [5.41, 5.74) is -1.79. The van der Waals surface area contributed by atoms with E-state index in [1.54, 1.807) is 44.2 Å². The van der Waals surface area contributed by atoms with Gasteiger partial charge in [-0.05, 0) is 50.5 Å². The summed E-state index contributed by atoms with van der Waals surface area (Å²) in [4.78, 5) is 43.0. The SMILES string of the molecule is C=CCN(C(=O)C1N([C@H](C)CO)C(=O)[C@@H]2[C@@H](C(=O)O)[C@]3(C)OC12CC3C)c1ccc(Cl)cc1. The summed E-state index contributed by atoms with van der Waals surface area (Å²) in [6.45, 7) is 8.82. The Morgan fingerprint density at radius 1 is 1.39 bits per heavy atom. The lowest BCUT2D eigenvalue weighted by atomic mass is 9.62. The maximum absolute atomic E-state index is 14.2. The molecule has 0 saturated carbocycles. The Morgan fingerprint density at radius 2 is 2.03 bits per heavy atom. The first-order valence-corrected chi connectivity index (χ1v) is 11.4. The third-order valence-electron chi connectivity index (χ3n) is 7.71. The lowest BCUT2D eigenvalue weighted by Crippen LogP contribution is -2.58. The Morgan fingerprint density at radius 3 is 2.58 bits per heavy atom. The largest absolute Gasteiger partial charge is 0.481 e. The van der Waals surface area contributed by atoms with E-state index in [2.05, 4.69) is 6.58 Å². The summed E-state index contributed by atoms with van der Waals surface area (Å²) < 4.78 is 6.45. The first-order chi connectivity index (χ1) is 15.5. The van der Waals surface area contributed by atoms with Gasteiger partial charge in [-0.15, -0.1) is 6.58 Å². The maximum Gasteiger partial charge on any atom is 0.310 e. The Balaban J connectivity index is 1.86. The number of ether oxygens (including phenoxy) is 1. The number of benzene rings is 1. The highest BCUT2D eigenvalue weighted by atomic mass is 35.5. The normalized spacial score (nSPS) is 35.4. The zero-order valence-corrected chi connectivity index (χ0v) is 19.7. The van der Waals surface area contributed by atoms with Gasteiger partial charge in [-0.3, -0.25) is 14.4 Å². The number of nitrogens with zero attached hydrogens (tertiary/aromatic N) is 2. The van der Waals surface area contributed by atoms with Gasteiger partial charge in [0, 0.05) is 17.3 Å². The van der Waals surface area contributed by atoms with Crippen molar-refractivity contribution in [2.45, 2.75) is 50.5 Å². The number of likely N-dealkylation sites (tertiary alicyclic amines) is 1. The third kappa shape index (κ3) is 3.22. The summed E-state index contributed by atoms with van der Waals surface area (Å²) in [6.07, 6.45) is 1.95. The minimum atomic E-state index is -1.29. The second-order valence-corrected chi connectivity index (χ2v) is 9.97. The molecule has 8 nitrogen and oxygen atoms in total. The van der Waals surface area contributed by atoms with Crippen LogP contribution in [-0.4, -0.2) is 69.3 Å². The topological polar surface area (TPSA) is 107 Å². The third-order valence-corrected chi connectivity index (χ3v) is 7.96. The average molecular weight is 477 g/mol. The molecule has 3 aliphatic heterocycles. The summed E-state index contributed by atoms with van der Waals surface area (Å²) >= 11 is 6.02. The van der Waals surface area contributed by atoms with Crippen molar-refractivity contribution < 1.29 is 29.3 Å². The van der Waals surface area contributed by atoms with Crippen LogP contribution in [-0.2, 0) is 19.1 Å². The first-order valence-electron chi connectivity index (χ1n) is 11.1. The van der Waals surface area contributed by atoms with Crippen LogP contribution in [0.2, 0.25) is 5.02 Å². The van der Waals surface area contributed by atoms with Crippen molar-refractivity contribution in [2.24, 2.45) is 17.8 Å². The number of aliphatic carboxylic acids is 1. The van der Waals surface area contributed by atoms with Gasteiger partial charge in [-0.25, -0.2) is 0 Å². The number of anilines is 1. The van der Waals surface area contributed by atoms with Crippen LogP contribution in [0.25, 0.3) is 0 Å². The van der Waals surface area contributed by atoms with E-state index in [-0.39, 0.29) is 19.1 Å². The van der Waals surface area contributed by atoms with Gasteiger partial charge in [0.2, 0.25) is 5.91 Å². The van der Waals surface area contributed by atoms with Gasteiger partial charge < -0.3 is 24.7 Å². The highest BCUT2D eigenvalue weighted by Crippen LogP contribution is 2.65. The zero-order chi connectivity index (χ0) is 24.3. The van der Waals surface area contributed by atoms with E-state index >= 15 is 0 Å². The highest BCUT2D eigenvalue weighted by Gasteiger charge is 2.80. The molecular weight excluding hydrogens is 448 g/mol. The smallest absolute Gasteiger partial charge is 0.310 e. The number of fused-ring (bicyclic) bond motifs is 1. The molecule has 0 aromatic heterocycles. The van der Waals surface area contributed by atoms with E-state index in [1.807, 2.05) is 6.92 Å². The van der Waals surface area contributed by atoms with Gasteiger partial charge in [-0.2, -0.15) is 0 Å². The predicted molar refractivity (Wildman–Crippen MR) is 122 cm³/mol. The van der Waals surface area contributed by atoms with Gasteiger partial charge in [0.25, 0.3) is 5.91 Å². The van der Waals surface area contributed by atoms with Crippen LogP contribution < -0.4 is 4.90 Å². The lowest BCUT2D eigenvalue weighted by molar-refractivity contribution is -0.157. The quantitative estimate of drug-likeness (QED) is 0.585. The Bertz CT molecular complexity index is 999. The molecule has 178 valence electrons. The molecule has 1 aromatic rings. The minimum Gasteiger partial charge on any atom is -0.481 e. The molecular formula is C24H29ClN2O6. The van der Waals surface area contributed by atoms with Crippen LogP contribution in [0.15, 0.2) is 36.9 Å². The van der Waals surface area contributed by atoms with Crippen LogP contribution in [0.3, 0.4) is 0 Å². The number of amides is 2. The molecule has 3 saturated heterocycles. The number of rotatable bonds is 7. The van der Waals surface area contributed by atoms with Gasteiger partial charge >= 0.3 is 5.97 Å². The second-order valence-electron chi connectivity index (χ2n) is 9.53. The molecule has 0 aliphatic carbocycles. The second kappa shape index (κ2) is 8.11. The number of aliphatic hydroxyl groups is 1. The molecule has 3 fully saturated rings. The molecule has 33 heavy (non-hydrogen) atoms. The Labute approximate surface area is 197 Å². The van der Waals surface area contributed by atoms with E-state index in [4.69, 9.17) is 16.3 Å². The van der Waals surface area contributed by atoms with E-state index in [9.17, 15) is 24.6 Å². The fraction of sp³-hybridized carbons (Fsp3) is 0.542. The molecule has 3 aliphatic rings. The number of halogens is 1. The summed E-state index contributed by atoms with van der Waals surface area (Å²) in [7, 11) is 0. The fourth-order valence-corrected chi connectivity index (χ4v) is 6.24. The number of carboxylic acids is 1. The van der Waals surface area contributed by atoms with Crippen molar-refractivity contribution in [1.82, 2.24) is 4.90 Å². The van der Waals surface area contributed by atoms with Gasteiger partial charge in [0.05, 0.1) is 24.2 Å². The molecule has 3 heterocycles. The Hall–Kier alpha value is -2.42. The maximum atomic E-state index is 14.2. The molecule has 4 rings (SSSR count).